The zero-order valence-electron chi connectivity index (χ0n) is 34.2. The summed E-state index contributed by atoms with van der Waals surface area (Å²) in [6.07, 6.45) is 16.3. The number of rotatable bonds is 24. The number of esters is 3. The third-order valence-corrected chi connectivity index (χ3v) is 9.50. The number of ether oxygens (including phenoxy) is 5. The van der Waals surface area contributed by atoms with E-state index in [-0.39, 0.29) is 22.8 Å². The second kappa shape index (κ2) is 24.5. The lowest BCUT2D eigenvalue weighted by molar-refractivity contribution is 0.0723. The molecule has 0 saturated heterocycles. The Kier molecular flexibility index (Phi) is 18.2. The van der Waals surface area contributed by atoms with Crippen molar-refractivity contribution in [2.24, 2.45) is 4.99 Å². The lowest BCUT2D eigenvalue weighted by Crippen LogP contribution is -2.11. The van der Waals surface area contributed by atoms with Crippen molar-refractivity contribution in [3.05, 3.63) is 144 Å². The van der Waals surface area contributed by atoms with E-state index in [9.17, 15) is 14.4 Å². The lowest BCUT2D eigenvalue weighted by Gasteiger charge is -2.09. The summed E-state index contributed by atoms with van der Waals surface area (Å²) in [5, 5.41) is 0. The molecule has 0 spiro atoms. The molecule has 0 amide bonds. The zero-order chi connectivity index (χ0) is 41.5. The van der Waals surface area contributed by atoms with Gasteiger partial charge in [0.1, 0.15) is 28.7 Å². The van der Waals surface area contributed by atoms with E-state index in [1.54, 1.807) is 72.9 Å². The second-order valence-corrected chi connectivity index (χ2v) is 14.3. The van der Waals surface area contributed by atoms with Gasteiger partial charge >= 0.3 is 17.9 Å². The number of carbonyl (C=O) groups is 3. The Morgan fingerprint density at radius 1 is 0.441 bits per heavy atom. The number of carbonyl (C=O) groups excluding carboxylic acids is 3. The monoisotopic (exact) mass is 797 g/mol. The van der Waals surface area contributed by atoms with Crippen molar-refractivity contribution in [3.8, 4) is 28.7 Å². The molecule has 0 aliphatic heterocycles. The van der Waals surface area contributed by atoms with Gasteiger partial charge in [-0.15, -0.1) is 0 Å². The summed E-state index contributed by atoms with van der Waals surface area (Å²) >= 11 is 0. The van der Waals surface area contributed by atoms with Crippen molar-refractivity contribution < 1.29 is 38.1 Å². The largest absolute Gasteiger partial charge is 0.494 e. The van der Waals surface area contributed by atoms with Gasteiger partial charge in [0, 0.05) is 12.3 Å². The summed E-state index contributed by atoms with van der Waals surface area (Å²) < 4.78 is 28.2. The molecule has 9 nitrogen and oxygen atoms in total. The zero-order valence-corrected chi connectivity index (χ0v) is 34.2. The van der Waals surface area contributed by atoms with Crippen LogP contribution in [-0.2, 0) is 0 Å². The van der Waals surface area contributed by atoms with E-state index in [2.05, 4.69) is 18.8 Å². The fourth-order valence-corrected chi connectivity index (χ4v) is 6.07. The van der Waals surface area contributed by atoms with Crippen molar-refractivity contribution >= 4 is 29.8 Å². The van der Waals surface area contributed by atoms with Crippen molar-refractivity contribution in [1.82, 2.24) is 0 Å². The predicted molar refractivity (Wildman–Crippen MR) is 232 cm³/mol. The van der Waals surface area contributed by atoms with Crippen LogP contribution in [0.1, 0.15) is 128 Å². The Bertz CT molecular complexity index is 2060. The molecular formula is C50H55NO8. The van der Waals surface area contributed by atoms with Crippen LogP contribution < -0.4 is 23.7 Å². The SMILES string of the molecule is CCCCCCCCCCOc1ccc(N=Cc2ccc(C(=O)Oc3cccc(OC(=O)c4ccc(OC(=O)c5ccc(OCCCCCC)cc5)cc4)c3)cc2)cc1. The molecule has 0 radical (unpaired) electrons. The molecule has 0 saturated carbocycles. The number of unbranched alkanes of at least 4 members (excludes halogenated alkanes) is 10. The summed E-state index contributed by atoms with van der Waals surface area (Å²) in [4.78, 5) is 43.1. The number of benzene rings is 5. The van der Waals surface area contributed by atoms with Crippen LogP contribution in [0.2, 0.25) is 0 Å². The standard InChI is InChI=1S/C50H55NO8/c1-3-5-7-9-10-11-12-14-35-56-44-32-26-42(27-33-44)51-37-38-18-20-39(21-19-38)49(53)58-46-16-15-17-47(36-46)59-50(54)41-24-30-45(31-25-41)57-48(52)40-22-28-43(29-23-40)55-34-13-8-6-4-2/h15-33,36-37H,3-14,34-35H2,1-2H3. The Morgan fingerprint density at radius 2 is 0.831 bits per heavy atom. The molecule has 0 aliphatic rings. The second-order valence-electron chi connectivity index (χ2n) is 14.3. The lowest BCUT2D eigenvalue weighted by atomic mass is 10.1. The Morgan fingerprint density at radius 3 is 1.32 bits per heavy atom. The molecule has 0 fully saturated rings. The summed E-state index contributed by atoms with van der Waals surface area (Å²) in [5.74, 6) is 0.490. The molecule has 0 heterocycles. The molecule has 5 aromatic carbocycles. The Labute approximate surface area is 348 Å². The fourth-order valence-electron chi connectivity index (χ4n) is 6.07. The van der Waals surface area contributed by atoms with Gasteiger partial charge in [-0.3, -0.25) is 4.99 Å². The minimum atomic E-state index is -0.632. The summed E-state index contributed by atoms with van der Waals surface area (Å²) in [7, 11) is 0. The smallest absolute Gasteiger partial charge is 0.343 e. The van der Waals surface area contributed by atoms with Crippen LogP contribution in [0.5, 0.6) is 28.7 Å². The van der Waals surface area contributed by atoms with E-state index in [4.69, 9.17) is 23.7 Å². The highest BCUT2D eigenvalue weighted by molar-refractivity contribution is 5.94. The van der Waals surface area contributed by atoms with Crippen molar-refractivity contribution in [1.29, 1.82) is 0 Å². The maximum Gasteiger partial charge on any atom is 0.343 e. The first kappa shape index (κ1) is 43.9. The van der Waals surface area contributed by atoms with Gasteiger partial charge in [-0.1, -0.05) is 96.3 Å². The molecule has 0 unspecified atom stereocenters. The molecule has 0 N–H and O–H groups in total. The van der Waals surface area contributed by atoms with Gasteiger partial charge in [-0.05, 0) is 115 Å². The van der Waals surface area contributed by atoms with Crippen LogP contribution in [0.3, 0.4) is 0 Å². The molecule has 0 aliphatic carbocycles. The topological polar surface area (TPSA) is 110 Å². The number of hydrogen-bond acceptors (Lipinski definition) is 9. The maximum absolute atomic E-state index is 12.9. The molecule has 5 aromatic rings. The highest BCUT2D eigenvalue weighted by Crippen LogP contribution is 2.24. The average Bonchev–Trinajstić information content (AvgIpc) is 3.26. The van der Waals surface area contributed by atoms with E-state index in [0.29, 0.717) is 23.5 Å². The van der Waals surface area contributed by atoms with E-state index in [1.807, 2.05) is 24.3 Å². The molecule has 9 heteroatoms. The normalized spacial score (nSPS) is 10.9. The number of hydrogen-bond donors (Lipinski definition) is 0. The Balaban J connectivity index is 1.03. The minimum absolute atomic E-state index is 0.193. The van der Waals surface area contributed by atoms with Crippen LogP contribution >= 0.6 is 0 Å². The minimum Gasteiger partial charge on any atom is -0.494 e. The van der Waals surface area contributed by atoms with Gasteiger partial charge in [0.05, 0.1) is 35.6 Å². The first-order chi connectivity index (χ1) is 28.9. The maximum atomic E-state index is 12.9. The van der Waals surface area contributed by atoms with Crippen LogP contribution in [0.25, 0.3) is 0 Å². The molecule has 0 bridgehead atoms. The van der Waals surface area contributed by atoms with Crippen LogP contribution in [0, 0.1) is 0 Å². The van der Waals surface area contributed by atoms with Gasteiger partial charge in [0.2, 0.25) is 0 Å². The van der Waals surface area contributed by atoms with E-state index in [1.165, 1.54) is 88.1 Å². The van der Waals surface area contributed by atoms with Gasteiger partial charge < -0.3 is 23.7 Å². The van der Waals surface area contributed by atoms with Crippen LogP contribution in [0.15, 0.2) is 126 Å². The van der Waals surface area contributed by atoms with Gasteiger partial charge in [-0.2, -0.15) is 0 Å². The third kappa shape index (κ3) is 15.6. The van der Waals surface area contributed by atoms with Crippen molar-refractivity contribution in [2.75, 3.05) is 13.2 Å². The average molecular weight is 798 g/mol. The van der Waals surface area contributed by atoms with E-state index >= 15 is 0 Å². The van der Waals surface area contributed by atoms with E-state index < -0.39 is 17.9 Å². The molecule has 0 atom stereocenters. The summed E-state index contributed by atoms with van der Waals surface area (Å²) in [6.45, 7) is 5.76. The molecule has 59 heavy (non-hydrogen) atoms. The van der Waals surface area contributed by atoms with Gasteiger partial charge in [0.25, 0.3) is 0 Å². The quantitative estimate of drug-likeness (QED) is 0.0263. The predicted octanol–water partition coefficient (Wildman–Crippen LogP) is 12.6. The molecule has 0 aromatic heterocycles. The fraction of sp³-hybridized carbons (Fsp3) is 0.320. The van der Waals surface area contributed by atoms with E-state index in [0.717, 1.165) is 42.9 Å². The Hall–Kier alpha value is -6.22. The summed E-state index contributed by atoms with van der Waals surface area (Å²) in [5.41, 5.74) is 2.58. The molecule has 5 rings (SSSR count). The summed E-state index contributed by atoms with van der Waals surface area (Å²) in [6, 6.07) is 33.7. The van der Waals surface area contributed by atoms with Crippen molar-refractivity contribution in [3.63, 3.8) is 0 Å². The molecular weight excluding hydrogens is 743 g/mol. The highest BCUT2D eigenvalue weighted by atomic mass is 16.5. The first-order valence-electron chi connectivity index (χ1n) is 20.9. The van der Waals surface area contributed by atoms with Gasteiger partial charge in [-0.25, -0.2) is 14.4 Å². The first-order valence-corrected chi connectivity index (χ1v) is 20.9. The third-order valence-electron chi connectivity index (χ3n) is 9.50. The number of aliphatic imine (C=N–C) groups is 1. The highest BCUT2D eigenvalue weighted by Gasteiger charge is 2.14. The van der Waals surface area contributed by atoms with Crippen molar-refractivity contribution in [2.45, 2.75) is 90.9 Å². The van der Waals surface area contributed by atoms with Crippen LogP contribution in [-0.4, -0.2) is 37.3 Å². The van der Waals surface area contributed by atoms with Crippen LogP contribution in [0.4, 0.5) is 5.69 Å². The van der Waals surface area contributed by atoms with Gasteiger partial charge in [0.15, 0.2) is 0 Å². The molecule has 308 valence electrons. The number of nitrogens with zero attached hydrogens (tertiary/aromatic N) is 1.